The first-order valence-electron chi connectivity index (χ1n) is 7.17. The minimum atomic E-state index is 0.553. The van der Waals surface area contributed by atoms with Gasteiger partial charge in [0.15, 0.2) is 0 Å². The minimum Gasteiger partial charge on any atom is -0.467 e. The second-order valence-electron chi connectivity index (χ2n) is 5.64. The minimum absolute atomic E-state index is 0.553. The van der Waals surface area contributed by atoms with Gasteiger partial charge in [0, 0.05) is 24.6 Å². The predicted octanol–water partition coefficient (Wildman–Crippen LogP) is 2.58. The van der Waals surface area contributed by atoms with Gasteiger partial charge in [0.05, 0.1) is 19.5 Å². The molecule has 1 aromatic rings. The Balaban J connectivity index is 1.69. The van der Waals surface area contributed by atoms with Gasteiger partial charge in [0.1, 0.15) is 12.4 Å². The van der Waals surface area contributed by atoms with E-state index >= 15 is 0 Å². The lowest BCUT2D eigenvalue weighted by atomic mass is 10.1. The van der Waals surface area contributed by atoms with Crippen LogP contribution in [0.5, 0.6) is 0 Å². The van der Waals surface area contributed by atoms with Crippen molar-refractivity contribution in [2.24, 2.45) is 11.8 Å². The molecule has 2 rings (SSSR count). The van der Waals surface area contributed by atoms with Crippen molar-refractivity contribution in [1.82, 2.24) is 5.32 Å². The van der Waals surface area contributed by atoms with Crippen molar-refractivity contribution in [3.8, 4) is 0 Å². The lowest BCUT2D eigenvalue weighted by Gasteiger charge is -2.10. The van der Waals surface area contributed by atoms with Gasteiger partial charge < -0.3 is 19.2 Å². The normalized spacial score (nSPS) is 19.4. The van der Waals surface area contributed by atoms with Crippen molar-refractivity contribution in [3.63, 3.8) is 0 Å². The second-order valence-corrected chi connectivity index (χ2v) is 5.64. The zero-order valence-electron chi connectivity index (χ0n) is 12.0. The Hall–Kier alpha value is -0.840. The Morgan fingerprint density at radius 1 is 1.47 bits per heavy atom. The third-order valence-electron chi connectivity index (χ3n) is 3.32. The van der Waals surface area contributed by atoms with Gasteiger partial charge in [-0.2, -0.15) is 0 Å². The molecule has 0 radical (unpaired) electrons. The summed E-state index contributed by atoms with van der Waals surface area (Å²) in [6.45, 7) is 9.30. The Bertz CT molecular complexity index is 356. The maximum atomic E-state index is 5.73. The van der Waals surface area contributed by atoms with Gasteiger partial charge in [0.2, 0.25) is 0 Å². The van der Waals surface area contributed by atoms with Crippen LogP contribution in [0, 0.1) is 11.8 Å². The van der Waals surface area contributed by atoms with Crippen LogP contribution < -0.4 is 5.32 Å². The van der Waals surface area contributed by atoms with Crippen molar-refractivity contribution in [2.45, 2.75) is 33.4 Å². The zero-order valence-corrected chi connectivity index (χ0v) is 12.0. The largest absolute Gasteiger partial charge is 0.467 e. The van der Waals surface area contributed by atoms with Crippen LogP contribution in [0.2, 0.25) is 0 Å². The van der Waals surface area contributed by atoms with Crippen LogP contribution in [-0.4, -0.2) is 26.4 Å². The van der Waals surface area contributed by atoms with Crippen molar-refractivity contribution >= 4 is 0 Å². The Labute approximate surface area is 115 Å². The molecule has 1 aliphatic heterocycles. The maximum Gasteiger partial charge on any atom is 0.133 e. The van der Waals surface area contributed by atoms with Crippen LogP contribution in [0.25, 0.3) is 0 Å². The monoisotopic (exact) mass is 267 g/mol. The molecule has 0 aliphatic carbocycles. The highest BCUT2D eigenvalue weighted by Gasteiger charge is 2.16. The van der Waals surface area contributed by atoms with Crippen molar-refractivity contribution in [2.75, 3.05) is 26.4 Å². The summed E-state index contributed by atoms with van der Waals surface area (Å²) < 4.78 is 16.5. The van der Waals surface area contributed by atoms with Crippen LogP contribution in [0.1, 0.15) is 31.6 Å². The van der Waals surface area contributed by atoms with E-state index in [0.717, 1.165) is 45.1 Å². The summed E-state index contributed by atoms with van der Waals surface area (Å²) in [6, 6.07) is 2.02. The molecule has 1 aromatic heterocycles. The molecule has 1 atom stereocenters. The van der Waals surface area contributed by atoms with E-state index in [1.165, 1.54) is 5.56 Å². The SMILES string of the molecule is CC(C)CNCc1ccoc1COCC1CCOC1. The molecule has 4 heteroatoms. The second kappa shape index (κ2) is 7.68. The molecule has 19 heavy (non-hydrogen) atoms. The maximum absolute atomic E-state index is 5.73. The van der Waals surface area contributed by atoms with Crippen molar-refractivity contribution in [3.05, 3.63) is 23.7 Å². The lowest BCUT2D eigenvalue weighted by molar-refractivity contribution is 0.0685. The van der Waals surface area contributed by atoms with E-state index in [-0.39, 0.29) is 0 Å². The standard InChI is InChI=1S/C15H25NO3/c1-12(2)7-16-8-14-4-6-19-15(14)11-18-10-13-3-5-17-9-13/h4,6,12-13,16H,3,5,7-11H2,1-2H3. The number of furan rings is 1. The van der Waals surface area contributed by atoms with Gasteiger partial charge in [-0.15, -0.1) is 0 Å². The van der Waals surface area contributed by atoms with Crippen molar-refractivity contribution in [1.29, 1.82) is 0 Å². The van der Waals surface area contributed by atoms with Crippen LogP contribution in [0.4, 0.5) is 0 Å². The average Bonchev–Trinajstić information content (AvgIpc) is 3.01. The topological polar surface area (TPSA) is 43.6 Å². The summed E-state index contributed by atoms with van der Waals surface area (Å²) in [7, 11) is 0. The Morgan fingerprint density at radius 2 is 2.37 bits per heavy atom. The van der Waals surface area contributed by atoms with Crippen LogP contribution in [-0.2, 0) is 22.6 Å². The van der Waals surface area contributed by atoms with Crippen molar-refractivity contribution < 1.29 is 13.9 Å². The van der Waals surface area contributed by atoms with Gasteiger partial charge in [-0.05, 0) is 24.9 Å². The van der Waals surface area contributed by atoms with E-state index in [4.69, 9.17) is 13.9 Å². The third kappa shape index (κ3) is 4.97. The summed E-state index contributed by atoms with van der Waals surface area (Å²) >= 11 is 0. The summed E-state index contributed by atoms with van der Waals surface area (Å²) in [6.07, 6.45) is 2.85. The quantitative estimate of drug-likeness (QED) is 0.786. The fraction of sp³-hybridized carbons (Fsp3) is 0.733. The van der Waals surface area contributed by atoms with Crippen LogP contribution in [0.3, 0.4) is 0 Å². The molecular weight excluding hydrogens is 242 g/mol. The summed E-state index contributed by atoms with van der Waals surface area (Å²) in [5, 5.41) is 3.42. The molecule has 108 valence electrons. The molecule has 1 saturated heterocycles. The molecule has 4 nitrogen and oxygen atoms in total. The first-order chi connectivity index (χ1) is 9.25. The highest BCUT2D eigenvalue weighted by Crippen LogP contribution is 2.15. The van der Waals surface area contributed by atoms with Crippen LogP contribution >= 0.6 is 0 Å². The van der Waals surface area contributed by atoms with E-state index in [1.807, 2.05) is 6.07 Å². The first kappa shape index (κ1) is 14.6. The number of ether oxygens (including phenoxy) is 2. The zero-order chi connectivity index (χ0) is 13.5. The Morgan fingerprint density at radius 3 is 3.11 bits per heavy atom. The lowest BCUT2D eigenvalue weighted by Crippen LogP contribution is -2.19. The summed E-state index contributed by atoms with van der Waals surface area (Å²) in [4.78, 5) is 0. The molecule has 0 amide bonds. The van der Waals surface area contributed by atoms with E-state index in [0.29, 0.717) is 18.4 Å². The molecule has 0 spiro atoms. The average molecular weight is 267 g/mol. The summed E-state index contributed by atoms with van der Waals surface area (Å²) in [5.41, 5.74) is 1.20. The molecule has 1 fully saturated rings. The summed E-state index contributed by atoms with van der Waals surface area (Å²) in [5.74, 6) is 2.15. The van der Waals surface area contributed by atoms with E-state index in [2.05, 4.69) is 19.2 Å². The van der Waals surface area contributed by atoms with Gasteiger partial charge in [-0.1, -0.05) is 13.8 Å². The van der Waals surface area contributed by atoms with E-state index in [1.54, 1.807) is 6.26 Å². The molecule has 0 saturated carbocycles. The van der Waals surface area contributed by atoms with Gasteiger partial charge in [0.25, 0.3) is 0 Å². The smallest absolute Gasteiger partial charge is 0.133 e. The van der Waals surface area contributed by atoms with Gasteiger partial charge in [-0.25, -0.2) is 0 Å². The number of nitrogens with one attached hydrogen (secondary N) is 1. The highest BCUT2D eigenvalue weighted by atomic mass is 16.5. The van der Waals surface area contributed by atoms with Gasteiger partial charge in [-0.3, -0.25) is 0 Å². The molecule has 0 aromatic carbocycles. The van der Waals surface area contributed by atoms with Gasteiger partial charge >= 0.3 is 0 Å². The molecule has 1 aliphatic rings. The predicted molar refractivity (Wildman–Crippen MR) is 73.8 cm³/mol. The number of hydrogen-bond donors (Lipinski definition) is 1. The number of rotatable bonds is 8. The first-order valence-corrected chi connectivity index (χ1v) is 7.17. The molecular formula is C15H25NO3. The Kier molecular flexibility index (Phi) is 5.89. The fourth-order valence-corrected chi connectivity index (χ4v) is 2.18. The van der Waals surface area contributed by atoms with Crippen LogP contribution in [0.15, 0.2) is 16.7 Å². The van der Waals surface area contributed by atoms with E-state index < -0.39 is 0 Å². The molecule has 1 N–H and O–H groups in total. The fourth-order valence-electron chi connectivity index (χ4n) is 2.18. The van der Waals surface area contributed by atoms with E-state index in [9.17, 15) is 0 Å². The third-order valence-corrected chi connectivity index (χ3v) is 3.32. The molecule has 1 unspecified atom stereocenters. The number of hydrogen-bond acceptors (Lipinski definition) is 4. The molecule has 0 bridgehead atoms. The highest BCUT2D eigenvalue weighted by molar-refractivity contribution is 5.16. The molecule has 2 heterocycles.